The van der Waals surface area contributed by atoms with Crippen molar-refractivity contribution in [3.63, 3.8) is 0 Å². The molecule has 3 heteroatoms. The Morgan fingerprint density at radius 2 is 1.75 bits per heavy atom. The summed E-state index contributed by atoms with van der Waals surface area (Å²) in [4.78, 5) is 21.5. The number of rotatable bonds is 2. The van der Waals surface area contributed by atoms with Gasteiger partial charge in [-0.15, -0.1) is 0 Å². The van der Waals surface area contributed by atoms with E-state index in [0.29, 0.717) is 0 Å². The molecule has 0 bridgehead atoms. The van der Waals surface area contributed by atoms with Crippen molar-refractivity contribution in [2.45, 2.75) is 20.8 Å². The summed E-state index contributed by atoms with van der Waals surface area (Å²) in [6.07, 6.45) is 3.97. The molecule has 66 valence electrons. The van der Waals surface area contributed by atoms with E-state index in [2.05, 4.69) is 4.74 Å². The summed E-state index contributed by atoms with van der Waals surface area (Å²) in [5.41, 5.74) is 0.799. The highest BCUT2D eigenvalue weighted by Gasteiger charge is 2.02. The molecule has 0 saturated heterocycles. The molecule has 0 rings (SSSR count). The summed E-state index contributed by atoms with van der Waals surface area (Å²) >= 11 is 0. The summed E-state index contributed by atoms with van der Waals surface area (Å²) in [5, 5.41) is 0. The van der Waals surface area contributed by atoms with Crippen molar-refractivity contribution < 1.29 is 14.3 Å². The quantitative estimate of drug-likeness (QED) is 0.357. The van der Waals surface area contributed by atoms with Crippen LogP contribution in [0.25, 0.3) is 0 Å². The van der Waals surface area contributed by atoms with Crippen LogP contribution in [0.2, 0.25) is 0 Å². The van der Waals surface area contributed by atoms with Gasteiger partial charge in [0.2, 0.25) is 0 Å². The Bertz CT molecular complexity index is 232. The van der Waals surface area contributed by atoms with Crippen LogP contribution in [0.15, 0.2) is 23.8 Å². The second kappa shape index (κ2) is 5.29. The van der Waals surface area contributed by atoms with Crippen LogP contribution in [-0.4, -0.2) is 11.9 Å². The average Bonchev–Trinajstić information content (AvgIpc) is 1.84. The van der Waals surface area contributed by atoms with E-state index < -0.39 is 11.9 Å². The number of ether oxygens (including phenoxy) is 1. The highest BCUT2D eigenvalue weighted by Crippen LogP contribution is 1.91. The zero-order valence-corrected chi connectivity index (χ0v) is 7.46. The fourth-order valence-electron chi connectivity index (χ4n) is 0.534. The van der Waals surface area contributed by atoms with Crippen molar-refractivity contribution in [1.29, 1.82) is 0 Å². The van der Waals surface area contributed by atoms with Gasteiger partial charge in [0.15, 0.2) is 0 Å². The molecule has 0 spiro atoms. The van der Waals surface area contributed by atoms with Crippen LogP contribution in [0.1, 0.15) is 20.8 Å². The number of esters is 2. The topological polar surface area (TPSA) is 43.4 Å². The number of hydrogen-bond donors (Lipinski definition) is 0. The molecule has 0 aromatic rings. The zero-order chi connectivity index (χ0) is 9.56. The molecular weight excluding hydrogens is 156 g/mol. The molecule has 0 aromatic heterocycles. The lowest BCUT2D eigenvalue weighted by molar-refractivity contribution is -0.152. The fraction of sp³-hybridized carbons (Fsp3) is 0.333. The summed E-state index contributed by atoms with van der Waals surface area (Å²) in [7, 11) is 0. The van der Waals surface area contributed by atoms with E-state index in [-0.39, 0.29) is 0 Å². The van der Waals surface area contributed by atoms with Gasteiger partial charge in [0.05, 0.1) is 0 Å². The Morgan fingerprint density at radius 3 is 2.17 bits per heavy atom. The molecule has 0 aromatic carbocycles. The highest BCUT2D eigenvalue weighted by atomic mass is 16.6. The molecule has 0 saturated carbocycles. The van der Waals surface area contributed by atoms with Crippen molar-refractivity contribution in [3.05, 3.63) is 23.8 Å². The number of carbonyl (C=O) groups excluding carboxylic acids is 2. The average molecular weight is 168 g/mol. The SMILES string of the molecule is CC=CC(=O)OC(=O)C=C(C)C. The summed E-state index contributed by atoms with van der Waals surface area (Å²) in [6.45, 7) is 5.18. The minimum atomic E-state index is -0.639. The Hall–Kier alpha value is -1.38. The number of hydrogen-bond acceptors (Lipinski definition) is 3. The fourth-order valence-corrected chi connectivity index (χ4v) is 0.534. The molecule has 3 nitrogen and oxygen atoms in total. The first-order valence-corrected chi connectivity index (χ1v) is 3.59. The number of allylic oxidation sites excluding steroid dienone is 2. The van der Waals surface area contributed by atoms with Gasteiger partial charge in [-0.2, -0.15) is 0 Å². The van der Waals surface area contributed by atoms with E-state index in [1.54, 1.807) is 20.8 Å². The maximum absolute atomic E-state index is 10.8. The van der Waals surface area contributed by atoms with Crippen molar-refractivity contribution >= 4 is 11.9 Å². The molecule has 0 atom stereocenters. The lowest BCUT2D eigenvalue weighted by Crippen LogP contribution is -2.07. The maximum atomic E-state index is 10.8. The predicted octanol–water partition coefficient (Wildman–Crippen LogP) is 1.60. The third-order valence-electron chi connectivity index (χ3n) is 0.910. The Balaban J connectivity index is 4.02. The lowest BCUT2D eigenvalue weighted by Gasteiger charge is -1.94. The predicted molar refractivity (Wildman–Crippen MR) is 45.3 cm³/mol. The van der Waals surface area contributed by atoms with Crippen LogP contribution in [0.3, 0.4) is 0 Å². The van der Waals surface area contributed by atoms with Gasteiger partial charge in [-0.1, -0.05) is 11.6 Å². The minimum Gasteiger partial charge on any atom is -0.387 e. The van der Waals surface area contributed by atoms with Crippen molar-refractivity contribution in [2.24, 2.45) is 0 Å². The first-order chi connectivity index (χ1) is 5.56. The van der Waals surface area contributed by atoms with E-state index in [1.807, 2.05) is 0 Å². The van der Waals surface area contributed by atoms with Crippen molar-refractivity contribution in [2.75, 3.05) is 0 Å². The molecule has 0 N–H and O–H groups in total. The lowest BCUT2D eigenvalue weighted by atomic mass is 10.3. The molecule has 0 aliphatic rings. The van der Waals surface area contributed by atoms with E-state index in [4.69, 9.17) is 0 Å². The molecular formula is C9H12O3. The Kier molecular flexibility index (Phi) is 4.69. The van der Waals surface area contributed by atoms with Gasteiger partial charge in [-0.25, -0.2) is 9.59 Å². The van der Waals surface area contributed by atoms with E-state index >= 15 is 0 Å². The molecule has 0 aliphatic heterocycles. The Morgan fingerprint density at radius 1 is 1.17 bits per heavy atom. The monoisotopic (exact) mass is 168 g/mol. The third kappa shape index (κ3) is 5.41. The van der Waals surface area contributed by atoms with Gasteiger partial charge < -0.3 is 4.74 Å². The van der Waals surface area contributed by atoms with Crippen LogP contribution in [0.5, 0.6) is 0 Å². The van der Waals surface area contributed by atoms with Gasteiger partial charge in [0.25, 0.3) is 0 Å². The second-order valence-corrected chi connectivity index (χ2v) is 2.46. The molecule has 0 amide bonds. The van der Waals surface area contributed by atoms with E-state index in [1.165, 1.54) is 18.2 Å². The maximum Gasteiger partial charge on any atom is 0.338 e. The first-order valence-electron chi connectivity index (χ1n) is 3.59. The molecule has 0 aliphatic carbocycles. The van der Waals surface area contributed by atoms with Crippen LogP contribution >= 0.6 is 0 Å². The van der Waals surface area contributed by atoms with Crippen LogP contribution < -0.4 is 0 Å². The smallest absolute Gasteiger partial charge is 0.338 e. The van der Waals surface area contributed by atoms with Gasteiger partial charge in [-0.3, -0.25) is 0 Å². The Labute approximate surface area is 71.7 Å². The standard InChI is InChI=1S/C9H12O3/c1-4-5-8(10)12-9(11)6-7(2)3/h4-6H,1-3H3. The van der Waals surface area contributed by atoms with Crippen LogP contribution in [0, 0.1) is 0 Å². The summed E-state index contributed by atoms with van der Waals surface area (Å²) in [5.74, 6) is -1.27. The van der Waals surface area contributed by atoms with Crippen LogP contribution in [0.4, 0.5) is 0 Å². The summed E-state index contributed by atoms with van der Waals surface area (Å²) in [6, 6.07) is 0. The first kappa shape index (κ1) is 10.6. The number of carbonyl (C=O) groups is 2. The van der Waals surface area contributed by atoms with Gasteiger partial charge in [0.1, 0.15) is 0 Å². The minimum absolute atomic E-state index is 0.627. The molecule has 0 unspecified atom stereocenters. The normalized spacial score (nSPS) is 9.58. The van der Waals surface area contributed by atoms with Gasteiger partial charge >= 0.3 is 11.9 Å². The van der Waals surface area contributed by atoms with Gasteiger partial charge in [0, 0.05) is 12.2 Å². The molecule has 12 heavy (non-hydrogen) atoms. The molecule has 0 radical (unpaired) electrons. The highest BCUT2D eigenvalue weighted by molar-refractivity contribution is 5.96. The second-order valence-electron chi connectivity index (χ2n) is 2.46. The van der Waals surface area contributed by atoms with Gasteiger partial charge in [-0.05, 0) is 20.8 Å². The third-order valence-corrected chi connectivity index (χ3v) is 0.910. The van der Waals surface area contributed by atoms with Crippen molar-refractivity contribution in [3.8, 4) is 0 Å². The summed E-state index contributed by atoms with van der Waals surface area (Å²) < 4.78 is 4.36. The molecule has 0 heterocycles. The van der Waals surface area contributed by atoms with Crippen molar-refractivity contribution in [1.82, 2.24) is 0 Å². The molecule has 0 fully saturated rings. The zero-order valence-electron chi connectivity index (χ0n) is 7.46. The van der Waals surface area contributed by atoms with E-state index in [9.17, 15) is 9.59 Å². The van der Waals surface area contributed by atoms with E-state index in [0.717, 1.165) is 5.57 Å². The largest absolute Gasteiger partial charge is 0.387 e. The van der Waals surface area contributed by atoms with Crippen LogP contribution in [-0.2, 0) is 14.3 Å².